The van der Waals surface area contributed by atoms with E-state index in [1.54, 1.807) is 16.8 Å². The molecule has 6 heteroatoms. The third-order valence-corrected chi connectivity index (χ3v) is 4.25. The Balaban J connectivity index is 1.82. The van der Waals surface area contributed by atoms with Gasteiger partial charge in [0.15, 0.2) is 0 Å². The zero-order valence-corrected chi connectivity index (χ0v) is 14.6. The van der Waals surface area contributed by atoms with Gasteiger partial charge in [-0.3, -0.25) is 14.5 Å². The van der Waals surface area contributed by atoms with E-state index < -0.39 is 0 Å². The predicted octanol–water partition coefficient (Wildman–Crippen LogP) is 0.826. The van der Waals surface area contributed by atoms with Crippen LogP contribution in [0.5, 0.6) is 0 Å². The second-order valence-corrected chi connectivity index (χ2v) is 6.13. The second-order valence-electron chi connectivity index (χ2n) is 6.13. The summed E-state index contributed by atoms with van der Waals surface area (Å²) in [6.45, 7) is 6.78. The molecule has 0 saturated carbocycles. The van der Waals surface area contributed by atoms with E-state index in [9.17, 15) is 9.59 Å². The summed E-state index contributed by atoms with van der Waals surface area (Å²) < 4.78 is 5.32. The van der Waals surface area contributed by atoms with E-state index in [0.29, 0.717) is 13.1 Å². The number of hydrogen-bond donors (Lipinski definition) is 0. The van der Waals surface area contributed by atoms with Crippen molar-refractivity contribution in [2.75, 3.05) is 53.0 Å². The maximum atomic E-state index is 12.4. The monoisotopic (exact) mass is 333 g/mol. The van der Waals surface area contributed by atoms with Crippen molar-refractivity contribution in [2.45, 2.75) is 13.5 Å². The molecule has 1 aliphatic heterocycles. The Kier molecular flexibility index (Phi) is 7.21. The number of hydrogen-bond acceptors (Lipinski definition) is 4. The van der Waals surface area contributed by atoms with Crippen LogP contribution in [0.3, 0.4) is 0 Å². The van der Waals surface area contributed by atoms with Gasteiger partial charge in [0.05, 0.1) is 19.8 Å². The van der Waals surface area contributed by atoms with Crippen molar-refractivity contribution in [1.82, 2.24) is 14.7 Å². The molecule has 2 rings (SSSR count). The molecule has 1 aromatic rings. The first-order valence-corrected chi connectivity index (χ1v) is 8.40. The fourth-order valence-electron chi connectivity index (χ4n) is 2.66. The fourth-order valence-corrected chi connectivity index (χ4v) is 2.66. The molecule has 132 valence electrons. The van der Waals surface area contributed by atoms with Crippen LogP contribution < -0.4 is 0 Å². The van der Waals surface area contributed by atoms with Crippen LogP contribution in [-0.4, -0.2) is 79.5 Å². The van der Waals surface area contributed by atoms with Gasteiger partial charge in [0.25, 0.3) is 0 Å². The van der Waals surface area contributed by atoms with Gasteiger partial charge in [-0.05, 0) is 5.56 Å². The van der Waals surface area contributed by atoms with Gasteiger partial charge in [-0.15, -0.1) is 0 Å². The Morgan fingerprint density at radius 1 is 1.17 bits per heavy atom. The number of amides is 2. The lowest BCUT2D eigenvalue weighted by Crippen LogP contribution is -2.45. The van der Waals surface area contributed by atoms with Crippen molar-refractivity contribution in [2.24, 2.45) is 0 Å². The molecule has 0 bridgehead atoms. The lowest BCUT2D eigenvalue weighted by Gasteiger charge is -2.30. The van der Waals surface area contributed by atoms with E-state index in [4.69, 9.17) is 4.74 Å². The van der Waals surface area contributed by atoms with Crippen LogP contribution in [0.4, 0.5) is 0 Å². The minimum Gasteiger partial charge on any atom is -0.379 e. The Morgan fingerprint density at radius 2 is 1.83 bits per heavy atom. The number of nitrogens with zero attached hydrogens (tertiary/aromatic N) is 3. The number of rotatable bonds is 7. The van der Waals surface area contributed by atoms with Crippen molar-refractivity contribution in [3.05, 3.63) is 35.9 Å². The average Bonchev–Trinajstić information content (AvgIpc) is 2.59. The summed E-state index contributed by atoms with van der Waals surface area (Å²) in [7, 11) is 1.77. The van der Waals surface area contributed by atoms with Crippen molar-refractivity contribution in [1.29, 1.82) is 0 Å². The molecule has 0 spiro atoms. The summed E-state index contributed by atoms with van der Waals surface area (Å²) in [6, 6.07) is 9.85. The number of likely N-dealkylation sites (N-methyl/N-ethyl adjacent to an activating group) is 1. The van der Waals surface area contributed by atoms with Crippen LogP contribution in [0.15, 0.2) is 30.3 Å². The highest BCUT2D eigenvalue weighted by Gasteiger charge is 2.18. The Labute approximate surface area is 144 Å². The summed E-state index contributed by atoms with van der Waals surface area (Å²) in [6.07, 6.45) is 0. The van der Waals surface area contributed by atoms with Crippen LogP contribution in [0.25, 0.3) is 0 Å². The molecule has 0 radical (unpaired) electrons. The van der Waals surface area contributed by atoms with Crippen LogP contribution in [-0.2, 0) is 20.9 Å². The van der Waals surface area contributed by atoms with E-state index >= 15 is 0 Å². The number of carbonyl (C=O) groups excluding carboxylic acids is 2. The maximum absolute atomic E-state index is 12.4. The second kappa shape index (κ2) is 9.39. The van der Waals surface area contributed by atoms with Crippen molar-refractivity contribution < 1.29 is 14.3 Å². The minimum absolute atomic E-state index is 0.0453. The molecular weight excluding hydrogens is 306 g/mol. The zero-order chi connectivity index (χ0) is 17.4. The van der Waals surface area contributed by atoms with Crippen molar-refractivity contribution >= 4 is 11.8 Å². The number of carbonyl (C=O) groups is 2. The van der Waals surface area contributed by atoms with Crippen LogP contribution in [0.1, 0.15) is 12.5 Å². The molecule has 0 aromatic heterocycles. The molecule has 0 N–H and O–H groups in total. The highest BCUT2D eigenvalue weighted by atomic mass is 16.5. The SMILES string of the molecule is CC(=O)N(CCN1CCOCC1)CC(=O)N(C)Cc1ccccc1. The molecule has 0 unspecified atom stereocenters. The first-order chi connectivity index (χ1) is 11.6. The Hall–Kier alpha value is -1.92. The fraction of sp³-hybridized carbons (Fsp3) is 0.556. The smallest absolute Gasteiger partial charge is 0.242 e. The first kappa shape index (κ1) is 18.4. The van der Waals surface area contributed by atoms with Gasteiger partial charge in [-0.25, -0.2) is 0 Å². The normalized spacial score (nSPS) is 15.1. The van der Waals surface area contributed by atoms with Gasteiger partial charge >= 0.3 is 0 Å². The summed E-state index contributed by atoms with van der Waals surface area (Å²) in [5.41, 5.74) is 1.08. The minimum atomic E-state index is -0.0651. The summed E-state index contributed by atoms with van der Waals surface area (Å²) >= 11 is 0. The quantitative estimate of drug-likeness (QED) is 0.742. The van der Waals surface area contributed by atoms with Crippen LogP contribution >= 0.6 is 0 Å². The van der Waals surface area contributed by atoms with Crippen LogP contribution in [0.2, 0.25) is 0 Å². The van der Waals surface area contributed by atoms with E-state index in [0.717, 1.165) is 38.4 Å². The molecule has 1 saturated heterocycles. The van der Waals surface area contributed by atoms with Gasteiger partial charge in [0.1, 0.15) is 0 Å². The molecule has 1 aliphatic rings. The van der Waals surface area contributed by atoms with E-state index in [1.165, 1.54) is 6.92 Å². The Morgan fingerprint density at radius 3 is 2.46 bits per heavy atom. The predicted molar refractivity (Wildman–Crippen MR) is 92.4 cm³/mol. The molecule has 24 heavy (non-hydrogen) atoms. The Bertz CT molecular complexity index is 530. The molecule has 1 fully saturated rings. The topological polar surface area (TPSA) is 53.1 Å². The van der Waals surface area contributed by atoms with Gasteiger partial charge in [0.2, 0.25) is 11.8 Å². The third kappa shape index (κ3) is 5.94. The van der Waals surface area contributed by atoms with Gasteiger partial charge < -0.3 is 14.5 Å². The average molecular weight is 333 g/mol. The third-order valence-electron chi connectivity index (χ3n) is 4.25. The molecule has 1 heterocycles. The highest BCUT2D eigenvalue weighted by Crippen LogP contribution is 2.04. The molecule has 0 aliphatic carbocycles. The van der Waals surface area contributed by atoms with E-state index in [-0.39, 0.29) is 18.4 Å². The number of morpholine rings is 1. The largest absolute Gasteiger partial charge is 0.379 e. The standard InChI is InChI=1S/C18H27N3O3/c1-16(22)21(9-8-20-10-12-24-13-11-20)15-18(23)19(2)14-17-6-4-3-5-7-17/h3-7H,8-15H2,1-2H3. The zero-order valence-electron chi connectivity index (χ0n) is 14.6. The van der Waals surface area contributed by atoms with Gasteiger partial charge in [-0.1, -0.05) is 30.3 Å². The summed E-state index contributed by atoms with van der Waals surface area (Å²) in [5, 5.41) is 0. The van der Waals surface area contributed by atoms with E-state index in [2.05, 4.69) is 4.90 Å². The van der Waals surface area contributed by atoms with E-state index in [1.807, 2.05) is 30.3 Å². The summed E-state index contributed by atoms with van der Waals surface area (Å²) in [4.78, 5) is 29.8. The maximum Gasteiger partial charge on any atom is 0.242 e. The van der Waals surface area contributed by atoms with Gasteiger partial charge in [0, 0.05) is 46.7 Å². The number of benzene rings is 1. The molecule has 6 nitrogen and oxygen atoms in total. The molecule has 1 aromatic carbocycles. The van der Waals surface area contributed by atoms with Gasteiger partial charge in [-0.2, -0.15) is 0 Å². The van der Waals surface area contributed by atoms with Crippen LogP contribution in [0, 0.1) is 0 Å². The molecule has 2 amide bonds. The highest BCUT2D eigenvalue weighted by molar-refractivity contribution is 5.83. The molecule has 0 atom stereocenters. The van der Waals surface area contributed by atoms with Crippen molar-refractivity contribution in [3.8, 4) is 0 Å². The lowest BCUT2D eigenvalue weighted by molar-refractivity contribution is -0.139. The van der Waals surface area contributed by atoms with Crippen molar-refractivity contribution in [3.63, 3.8) is 0 Å². The number of ether oxygens (including phenoxy) is 1. The lowest BCUT2D eigenvalue weighted by atomic mass is 10.2. The summed E-state index contributed by atoms with van der Waals surface area (Å²) in [5.74, 6) is -0.110. The molecular formula is C18H27N3O3. The first-order valence-electron chi connectivity index (χ1n) is 8.40.